The number of aliphatic imine (C=N–C) groups is 1. The number of rotatable bonds is 10. The molecule has 0 rings (SSSR count). The summed E-state index contributed by atoms with van der Waals surface area (Å²) in [6, 6.07) is 0. The molecule has 0 aliphatic rings. The van der Waals surface area contributed by atoms with Gasteiger partial charge in [-0.05, 0) is 25.2 Å². The number of esters is 1. The maximum Gasteiger partial charge on any atom is 0.305 e. The van der Waals surface area contributed by atoms with Gasteiger partial charge >= 0.3 is 5.97 Å². The van der Waals surface area contributed by atoms with E-state index in [1.807, 2.05) is 6.92 Å². The van der Waals surface area contributed by atoms with Gasteiger partial charge in [0.05, 0.1) is 19.8 Å². The van der Waals surface area contributed by atoms with Crippen LogP contribution in [0.1, 0.15) is 53.4 Å². The molecule has 23 heavy (non-hydrogen) atoms. The quantitative estimate of drug-likeness (QED) is 0.279. The normalized spacial score (nSPS) is 13.6. The number of hydrogen-bond acceptors (Lipinski definition) is 4. The summed E-state index contributed by atoms with van der Waals surface area (Å²) in [6.45, 7) is 10.8. The minimum absolute atomic E-state index is 0.0590. The van der Waals surface area contributed by atoms with E-state index in [1.54, 1.807) is 7.11 Å². The van der Waals surface area contributed by atoms with Gasteiger partial charge in [0.1, 0.15) is 0 Å². The van der Waals surface area contributed by atoms with Crippen molar-refractivity contribution < 1.29 is 14.3 Å². The molecule has 1 atom stereocenters. The second-order valence-corrected chi connectivity index (χ2v) is 6.62. The fourth-order valence-electron chi connectivity index (χ4n) is 2.10. The first kappa shape index (κ1) is 21.7. The summed E-state index contributed by atoms with van der Waals surface area (Å²) in [5, 5.41) is 6.56. The van der Waals surface area contributed by atoms with Crippen molar-refractivity contribution in [2.45, 2.75) is 59.5 Å². The van der Waals surface area contributed by atoms with Gasteiger partial charge in [0.25, 0.3) is 0 Å². The molecule has 0 aromatic heterocycles. The van der Waals surface area contributed by atoms with Gasteiger partial charge in [-0.2, -0.15) is 0 Å². The molecule has 2 N–H and O–H groups in total. The van der Waals surface area contributed by atoms with Gasteiger partial charge in [0, 0.05) is 26.6 Å². The monoisotopic (exact) mass is 329 g/mol. The fourth-order valence-corrected chi connectivity index (χ4v) is 2.10. The maximum atomic E-state index is 11.0. The third kappa shape index (κ3) is 11.0. The molecule has 0 saturated heterocycles. The van der Waals surface area contributed by atoms with Crippen LogP contribution in [0.2, 0.25) is 0 Å². The maximum absolute atomic E-state index is 11.0. The topological polar surface area (TPSA) is 72.0 Å². The van der Waals surface area contributed by atoms with Crippen LogP contribution < -0.4 is 10.6 Å². The Morgan fingerprint density at radius 3 is 2.35 bits per heavy atom. The zero-order valence-corrected chi connectivity index (χ0v) is 15.7. The summed E-state index contributed by atoms with van der Waals surface area (Å²) in [4.78, 5) is 15.6. The molecule has 0 aromatic rings. The Kier molecular flexibility index (Phi) is 11.5. The zero-order valence-electron chi connectivity index (χ0n) is 15.7. The second kappa shape index (κ2) is 12.2. The van der Waals surface area contributed by atoms with Crippen LogP contribution in [-0.2, 0) is 14.3 Å². The van der Waals surface area contributed by atoms with Gasteiger partial charge in [-0.15, -0.1) is 0 Å². The highest BCUT2D eigenvalue weighted by Gasteiger charge is 2.23. The number of carbonyl (C=O) groups is 1. The average Bonchev–Trinajstić information content (AvgIpc) is 2.49. The van der Waals surface area contributed by atoms with Crippen molar-refractivity contribution in [3.05, 3.63) is 0 Å². The van der Waals surface area contributed by atoms with Gasteiger partial charge in [-0.25, -0.2) is 0 Å². The molecule has 0 aliphatic heterocycles. The van der Waals surface area contributed by atoms with Crippen LogP contribution >= 0.6 is 0 Å². The number of nitrogens with one attached hydrogen (secondary N) is 2. The highest BCUT2D eigenvalue weighted by Crippen LogP contribution is 2.21. The Morgan fingerprint density at radius 1 is 1.13 bits per heavy atom. The van der Waals surface area contributed by atoms with Crippen molar-refractivity contribution in [3.63, 3.8) is 0 Å². The lowest BCUT2D eigenvalue weighted by molar-refractivity contribution is -0.140. The van der Waals surface area contributed by atoms with Crippen LogP contribution in [0.5, 0.6) is 0 Å². The predicted molar refractivity (Wildman–Crippen MR) is 94.7 cm³/mol. The van der Waals surface area contributed by atoms with E-state index in [-0.39, 0.29) is 17.5 Å². The molecule has 0 radical (unpaired) electrons. The molecule has 0 amide bonds. The highest BCUT2D eigenvalue weighted by molar-refractivity contribution is 5.79. The van der Waals surface area contributed by atoms with Crippen LogP contribution in [0.15, 0.2) is 4.99 Å². The van der Waals surface area contributed by atoms with Crippen molar-refractivity contribution in [3.8, 4) is 0 Å². The Bertz CT molecular complexity index is 351. The van der Waals surface area contributed by atoms with Gasteiger partial charge < -0.3 is 20.1 Å². The number of hydrogen-bond donors (Lipinski definition) is 2. The van der Waals surface area contributed by atoms with Crippen LogP contribution in [0, 0.1) is 5.41 Å². The summed E-state index contributed by atoms with van der Waals surface area (Å²) in [5.74, 6) is 0.674. The number of unbranched alkanes of at least 4 members (excludes halogenated alkanes) is 2. The van der Waals surface area contributed by atoms with Crippen LogP contribution in [-0.4, -0.2) is 51.9 Å². The molecule has 0 heterocycles. The summed E-state index contributed by atoms with van der Waals surface area (Å²) < 4.78 is 10.2. The zero-order chi connectivity index (χ0) is 17.7. The molecule has 1 unspecified atom stereocenters. The average molecular weight is 329 g/mol. The number of carbonyl (C=O) groups excluding carboxylic acids is 1. The van der Waals surface area contributed by atoms with E-state index < -0.39 is 0 Å². The van der Waals surface area contributed by atoms with E-state index in [9.17, 15) is 4.79 Å². The minimum Gasteiger partial charge on any atom is -0.469 e. The Labute approximate surface area is 141 Å². The Hall–Kier alpha value is -1.30. The van der Waals surface area contributed by atoms with E-state index >= 15 is 0 Å². The fraction of sp³-hybridized carbons (Fsp3) is 0.882. The van der Waals surface area contributed by atoms with E-state index in [0.29, 0.717) is 13.0 Å². The van der Waals surface area contributed by atoms with Crippen LogP contribution in [0.25, 0.3) is 0 Å². The van der Waals surface area contributed by atoms with Crippen molar-refractivity contribution in [1.29, 1.82) is 0 Å². The van der Waals surface area contributed by atoms with Gasteiger partial charge in [-0.1, -0.05) is 27.2 Å². The summed E-state index contributed by atoms with van der Waals surface area (Å²) in [5.41, 5.74) is 0.0590. The molecular weight excluding hydrogens is 294 g/mol. The largest absolute Gasteiger partial charge is 0.469 e. The molecule has 6 heteroatoms. The molecule has 6 nitrogen and oxygen atoms in total. The first-order chi connectivity index (χ1) is 10.8. The summed E-state index contributed by atoms with van der Waals surface area (Å²) >= 11 is 0. The number of methoxy groups -OCH3 is 2. The Balaban J connectivity index is 4.15. The number of nitrogens with zero attached hydrogens (tertiary/aromatic N) is 1. The number of guanidine groups is 1. The number of ether oxygens (including phenoxy) is 2. The molecule has 0 bridgehead atoms. The summed E-state index contributed by atoms with van der Waals surface area (Å²) in [6.07, 6.45) is 3.42. The van der Waals surface area contributed by atoms with Crippen molar-refractivity contribution in [1.82, 2.24) is 10.6 Å². The van der Waals surface area contributed by atoms with E-state index in [4.69, 9.17) is 4.74 Å². The van der Waals surface area contributed by atoms with Crippen molar-refractivity contribution >= 4 is 11.9 Å². The second-order valence-electron chi connectivity index (χ2n) is 6.62. The lowest BCUT2D eigenvalue weighted by Gasteiger charge is -2.28. The predicted octanol–water partition coefficient (Wildman–Crippen LogP) is 2.34. The minimum atomic E-state index is -0.138. The third-order valence-corrected chi connectivity index (χ3v) is 3.59. The standard InChI is InChI=1S/C17H35N3O3/c1-7-18-16(20-13-14(22-5)17(2,3)4)19-12-10-8-9-11-15(21)23-6/h14H,7-13H2,1-6H3,(H2,18,19,20). The molecule has 0 fully saturated rings. The third-order valence-electron chi connectivity index (χ3n) is 3.59. The van der Waals surface area contributed by atoms with E-state index in [0.717, 1.165) is 38.3 Å². The lowest BCUT2D eigenvalue weighted by atomic mass is 9.89. The van der Waals surface area contributed by atoms with Crippen molar-refractivity contribution in [2.75, 3.05) is 33.9 Å². The first-order valence-corrected chi connectivity index (χ1v) is 8.46. The molecule has 0 aliphatic carbocycles. The highest BCUT2D eigenvalue weighted by atomic mass is 16.5. The van der Waals surface area contributed by atoms with Crippen molar-refractivity contribution in [2.24, 2.45) is 10.4 Å². The molecule has 136 valence electrons. The first-order valence-electron chi connectivity index (χ1n) is 8.46. The lowest BCUT2D eigenvalue weighted by Crippen LogP contribution is -2.39. The molecule has 0 saturated carbocycles. The molecular formula is C17H35N3O3. The van der Waals surface area contributed by atoms with Gasteiger partial charge in [0.2, 0.25) is 0 Å². The van der Waals surface area contributed by atoms with Crippen LogP contribution in [0.4, 0.5) is 0 Å². The smallest absolute Gasteiger partial charge is 0.305 e. The van der Waals surface area contributed by atoms with E-state index in [2.05, 4.69) is 41.1 Å². The van der Waals surface area contributed by atoms with Crippen LogP contribution in [0.3, 0.4) is 0 Å². The Morgan fingerprint density at radius 2 is 1.83 bits per heavy atom. The molecule has 0 spiro atoms. The van der Waals surface area contributed by atoms with Gasteiger partial charge in [0.15, 0.2) is 5.96 Å². The summed E-state index contributed by atoms with van der Waals surface area (Å²) in [7, 11) is 3.15. The van der Waals surface area contributed by atoms with E-state index in [1.165, 1.54) is 7.11 Å². The van der Waals surface area contributed by atoms with Gasteiger partial charge in [-0.3, -0.25) is 9.79 Å². The molecule has 0 aromatic carbocycles. The SMILES string of the molecule is CCNC(=NCC(OC)C(C)(C)C)NCCCCCC(=O)OC.